The van der Waals surface area contributed by atoms with E-state index in [1.807, 2.05) is 0 Å². The summed E-state index contributed by atoms with van der Waals surface area (Å²) >= 11 is 0. The van der Waals surface area contributed by atoms with E-state index in [0.29, 0.717) is 0 Å². The Labute approximate surface area is 101 Å². The zero-order valence-electron chi connectivity index (χ0n) is 8.32. The second-order valence-corrected chi connectivity index (χ2v) is 6.17. The third kappa shape index (κ3) is 2.78. The van der Waals surface area contributed by atoms with Gasteiger partial charge in [-0.15, -0.1) is 0 Å². The van der Waals surface area contributed by atoms with Crippen LogP contribution in [0.4, 0.5) is 8.78 Å². The lowest BCUT2D eigenvalue weighted by atomic mass is 10.1. The van der Waals surface area contributed by atoms with Crippen LogP contribution >= 0.6 is 10.7 Å². The van der Waals surface area contributed by atoms with Crippen LogP contribution in [0.25, 0.3) is 0 Å². The maximum absolute atomic E-state index is 12.6. The summed E-state index contributed by atoms with van der Waals surface area (Å²) in [4.78, 5) is 0. The van der Waals surface area contributed by atoms with Crippen molar-refractivity contribution in [2.75, 3.05) is 6.79 Å². The maximum Gasteiger partial charge on any atom is 0.263 e. The van der Waals surface area contributed by atoms with Gasteiger partial charge in [0, 0.05) is 21.8 Å². The number of hydrogen-bond donors (Lipinski definition) is 0. The van der Waals surface area contributed by atoms with Gasteiger partial charge in [-0.3, -0.25) is 0 Å². The molecule has 94 valence electrons. The molecule has 1 aliphatic heterocycles. The van der Waals surface area contributed by atoms with Crippen LogP contribution in [-0.2, 0) is 14.8 Å². The lowest BCUT2D eigenvalue weighted by Crippen LogP contribution is -1.99. The molecule has 0 radical (unpaired) electrons. The van der Waals surface area contributed by atoms with Crippen molar-refractivity contribution in [3.05, 3.63) is 23.3 Å². The molecule has 0 saturated carbocycles. The highest BCUT2D eigenvalue weighted by Crippen LogP contribution is 2.40. The first-order chi connectivity index (χ1) is 7.87. The van der Waals surface area contributed by atoms with Crippen LogP contribution in [0.5, 0.6) is 11.5 Å². The molecule has 1 heterocycles. The molecule has 1 aromatic carbocycles. The highest BCUT2D eigenvalue weighted by molar-refractivity contribution is 8.13. The van der Waals surface area contributed by atoms with Crippen molar-refractivity contribution in [3.8, 4) is 11.5 Å². The Morgan fingerprint density at radius 1 is 1.35 bits per heavy atom. The van der Waals surface area contributed by atoms with Crippen molar-refractivity contribution >= 4 is 19.7 Å². The van der Waals surface area contributed by atoms with Crippen molar-refractivity contribution in [2.45, 2.75) is 12.2 Å². The smallest absolute Gasteiger partial charge is 0.263 e. The number of ether oxygens (including phenoxy) is 2. The SMILES string of the molecule is O=S(=O)(Cl)Cc1cc(C(F)F)cc2c1OCO2. The second kappa shape index (κ2) is 4.30. The fourth-order valence-electron chi connectivity index (χ4n) is 1.53. The van der Waals surface area contributed by atoms with E-state index >= 15 is 0 Å². The third-order valence-electron chi connectivity index (χ3n) is 2.15. The molecule has 0 aromatic heterocycles. The van der Waals surface area contributed by atoms with Crippen molar-refractivity contribution in [1.82, 2.24) is 0 Å². The summed E-state index contributed by atoms with van der Waals surface area (Å²) in [6.45, 7) is -0.128. The Bertz CT molecular complexity index is 544. The number of benzene rings is 1. The highest BCUT2D eigenvalue weighted by atomic mass is 35.7. The van der Waals surface area contributed by atoms with Gasteiger partial charge >= 0.3 is 0 Å². The van der Waals surface area contributed by atoms with Crippen molar-refractivity contribution in [1.29, 1.82) is 0 Å². The molecule has 1 aliphatic rings. The molecule has 0 fully saturated rings. The summed E-state index contributed by atoms with van der Waals surface area (Å²) in [6.07, 6.45) is -2.72. The summed E-state index contributed by atoms with van der Waals surface area (Å²) in [5, 5.41) is 0. The first kappa shape index (κ1) is 12.4. The Kier molecular flexibility index (Phi) is 3.13. The van der Waals surface area contributed by atoms with Crippen molar-refractivity contribution < 1.29 is 26.7 Å². The van der Waals surface area contributed by atoms with Crippen LogP contribution in [0, 0.1) is 0 Å². The average molecular weight is 285 g/mol. The quantitative estimate of drug-likeness (QED) is 0.800. The van der Waals surface area contributed by atoms with E-state index < -0.39 is 21.2 Å². The van der Waals surface area contributed by atoms with Gasteiger partial charge in [-0.05, 0) is 12.1 Å². The van der Waals surface area contributed by atoms with Crippen LogP contribution in [0.2, 0.25) is 0 Å². The van der Waals surface area contributed by atoms with Gasteiger partial charge in [-0.25, -0.2) is 17.2 Å². The van der Waals surface area contributed by atoms with Crippen LogP contribution in [-0.4, -0.2) is 15.2 Å². The van der Waals surface area contributed by atoms with Gasteiger partial charge in [0.1, 0.15) is 0 Å². The van der Waals surface area contributed by atoms with Gasteiger partial charge < -0.3 is 9.47 Å². The molecular formula is C9H7ClF2O4S. The molecule has 0 bridgehead atoms. The topological polar surface area (TPSA) is 52.6 Å². The minimum absolute atomic E-state index is 0.0744. The number of halogens is 3. The molecular weight excluding hydrogens is 278 g/mol. The molecule has 17 heavy (non-hydrogen) atoms. The normalized spacial score (nSPS) is 14.4. The first-order valence-corrected chi connectivity index (χ1v) is 6.97. The molecule has 0 spiro atoms. The maximum atomic E-state index is 12.6. The number of hydrogen-bond acceptors (Lipinski definition) is 4. The molecule has 8 heteroatoms. The molecule has 0 saturated heterocycles. The Hall–Kier alpha value is -1.08. The number of fused-ring (bicyclic) bond motifs is 1. The molecule has 4 nitrogen and oxygen atoms in total. The Balaban J connectivity index is 2.49. The van der Waals surface area contributed by atoms with Gasteiger partial charge in [0.25, 0.3) is 6.43 Å². The summed E-state index contributed by atoms with van der Waals surface area (Å²) in [5.41, 5.74) is -0.255. The predicted molar refractivity (Wildman–Crippen MR) is 56.0 cm³/mol. The minimum Gasteiger partial charge on any atom is -0.454 e. The standard InChI is InChI=1S/C9H7ClF2O4S/c10-17(13,14)3-6-1-5(9(11)12)2-7-8(6)16-4-15-7/h1-2,9H,3-4H2. The minimum atomic E-state index is -3.85. The second-order valence-electron chi connectivity index (χ2n) is 3.40. The van der Waals surface area contributed by atoms with Crippen LogP contribution in [0.15, 0.2) is 12.1 Å². The van der Waals surface area contributed by atoms with E-state index in [2.05, 4.69) is 0 Å². The van der Waals surface area contributed by atoms with Crippen molar-refractivity contribution in [2.24, 2.45) is 0 Å². The Morgan fingerprint density at radius 2 is 2.06 bits per heavy atom. The molecule has 2 rings (SSSR count). The summed E-state index contributed by atoms with van der Waals surface area (Å²) in [7, 11) is 1.24. The van der Waals surface area contributed by atoms with E-state index in [0.717, 1.165) is 12.1 Å². The van der Waals surface area contributed by atoms with Gasteiger partial charge in [0.05, 0.1) is 5.75 Å². The molecule has 0 aliphatic carbocycles. The van der Waals surface area contributed by atoms with E-state index in [1.165, 1.54) is 0 Å². The predicted octanol–water partition coefficient (Wildman–Crippen LogP) is 2.42. The van der Waals surface area contributed by atoms with Crippen LogP contribution in [0.1, 0.15) is 17.6 Å². The molecule has 1 aromatic rings. The van der Waals surface area contributed by atoms with Gasteiger partial charge in [-0.1, -0.05) is 0 Å². The number of rotatable bonds is 3. The van der Waals surface area contributed by atoms with E-state index in [4.69, 9.17) is 20.2 Å². The number of alkyl halides is 2. The van der Waals surface area contributed by atoms with Gasteiger partial charge in [0.2, 0.25) is 15.8 Å². The zero-order valence-corrected chi connectivity index (χ0v) is 9.89. The van der Waals surface area contributed by atoms with Gasteiger partial charge in [-0.2, -0.15) is 0 Å². The fraction of sp³-hybridized carbons (Fsp3) is 0.333. The largest absolute Gasteiger partial charge is 0.454 e. The zero-order chi connectivity index (χ0) is 12.6. The van der Waals surface area contributed by atoms with E-state index in [-0.39, 0.29) is 29.4 Å². The molecule has 0 unspecified atom stereocenters. The average Bonchev–Trinajstić information content (AvgIpc) is 2.62. The van der Waals surface area contributed by atoms with Gasteiger partial charge in [0.15, 0.2) is 11.5 Å². The lowest BCUT2D eigenvalue weighted by molar-refractivity contribution is 0.150. The summed E-state index contributed by atoms with van der Waals surface area (Å²) in [6, 6.07) is 2.18. The lowest BCUT2D eigenvalue weighted by Gasteiger charge is -2.07. The third-order valence-corrected chi connectivity index (χ3v) is 3.13. The summed E-state index contributed by atoms with van der Waals surface area (Å²) < 4.78 is 57.0. The summed E-state index contributed by atoms with van der Waals surface area (Å²) in [5.74, 6) is -0.322. The highest BCUT2D eigenvalue weighted by Gasteiger charge is 2.24. The molecule has 0 amide bonds. The first-order valence-electron chi connectivity index (χ1n) is 4.50. The van der Waals surface area contributed by atoms with E-state index in [9.17, 15) is 17.2 Å². The van der Waals surface area contributed by atoms with E-state index in [1.54, 1.807) is 0 Å². The monoisotopic (exact) mass is 284 g/mol. The molecule has 0 atom stereocenters. The van der Waals surface area contributed by atoms with Crippen molar-refractivity contribution in [3.63, 3.8) is 0 Å². The van der Waals surface area contributed by atoms with Crippen LogP contribution < -0.4 is 9.47 Å². The fourth-order valence-corrected chi connectivity index (χ4v) is 2.46. The van der Waals surface area contributed by atoms with Crippen LogP contribution in [0.3, 0.4) is 0 Å². The Morgan fingerprint density at radius 3 is 2.65 bits per heavy atom. The molecule has 0 N–H and O–H groups in total.